The van der Waals surface area contributed by atoms with Crippen LogP contribution in [0, 0.1) is 0 Å². The van der Waals surface area contributed by atoms with Gasteiger partial charge in [0, 0.05) is 13.1 Å². The third-order valence-electron chi connectivity index (χ3n) is 2.67. The van der Waals surface area contributed by atoms with Crippen molar-refractivity contribution in [3.8, 4) is 0 Å². The fourth-order valence-electron chi connectivity index (χ4n) is 1.87. The summed E-state index contributed by atoms with van der Waals surface area (Å²) in [6, 6.07) is 0. The van der Waals surface area contributed by atoms with Gasteiger partial charge in [-0.1, -0.05) is 0 Å². The van der Waals surface area contributed by atoms with Gasteiger partial charge < -0.3 is 4.98 Å². The maximum absolute atomic E-state index is 11.6. The number of rotatable bonds is 2. The zero-order valence-corrected chi connectivity index (χ0v) is 8.66. The summed E-state index contributed by atoms with van der Waals surface area (Å²) in [6.07, 6.45) is 3.80. The highest BCUT2D eigenvalue weighted by molar-refractivity contribution is 5.69. The Balaban J connectivity index is 1.94. The van der Waals surface area contributed by atoms with Crippen LogP contribution in [-0.4, -0.2) is 38.0 Å². The van der Waals surface area contributed by atoms with E-state index in [1.54, 1.807) is 0 Å². The van der Waals surface area contributed by atoms with Crippen molar-refractivity contribution in [3.63, 3.8) is 0 Å². The van der Waals surface area contributed by atoms with Crippen LogP contribution in [0.4, 0.5) is 5.95 Å². The number of fused-ring (bicyclic) bond motifs is 1. The molecule has 3 heterocycles. The molecule has 1 saturated heterocycles. The van der Waals surface area contributed by atoms with Crippen molar-refractivity contribution in [3.05, 3.63) is 16.7 Å². The fourth-order valence-corrected chi connectivity index (χ4v) is 1.87. The molecular weight excluding hydrogens is 208 g/mol. The van der Waals surface area contributed by atoms with Crippen molar-refractivity contribution in [2.75, 3.05) is 18.5 Å². The third kappa shape index (κ3) is 1.54. The molecule has 0 radical (unpaired) electrons. The molecule has 1 aliphatic rings. The summed E-state index contributed by atoms with van der Waals surface area (Å²) in [5.74, 6) is 0.450. The highest BCUT2D eigenvalue weighted by atomic mass is 16.1. The number of aromatic amines is 2. The van der Waals surface area contributed by atoms with Crippen LogP contribution >= 0.6 is 0 Å². The summed E-state index contributed by atoms with van der Waals surface area (Å²) in [5.41, 5.74) is 3.72. The molecule has 0 unspecified atom stereocenters. The molecule has 0 bridgehead atoms. The zero-order valence-electron chi connectivity index (χ0n) is 8.66. The van der Waals surface area contributed by atoms with Gasteiger partial charge in [0.15, 0.2) is 11.2 Å². The van der Waals surface area contributed by atoms with Crippen molar-refractivity contribution in [1.29, 1.82) is 0 Å². The minimum atomic E-state index is -0.204. The van der Waals surface area contributed by atoms with Gasteiger partial charge in [-0.25, -0.2) is 9.99 Å². The Morgan fingerprint density at radius 3 is 3.00 bits per heavy atom. The summed E-state index contributed by atoms with van der Waals surface area (Å²) < 4.78 is 0. The van der Waals surface area contributed by atoms with Gasteiger partial charge in [-0.3, -0.25) is 15.2 Å². The predicted octanol–water partition coefficient (Wildman–Crippen LogP) is 0.0689. The average molecular weight is 220 g/mol. The number of H-pyrrole nitrogens is 2. The van der Waals surface area contributed by atoms with E-state index in [4.69, 9.17) is 0 Å². The maximum Gasteiger partial charge on any atom is 0.278 e. The van der Waals surface area contributed by atoms with Gasteiger partial charge in [-0.2, -0.15) is 4.98 Å². The SMILES string of the molecule is O=c1[nH]c(NN2CCCC2)nc2nc[nH]c12. The molecule has 0 spiro atoms. The van der Waals surface area contributed by atoms with Crippen LogP contribution in [0.25, 0.3) is 11.2 Å². The molecule has 2 aromatic heterocycles. The lowest BCUT2D eigenvalue weighted by Gasteiger charge is -2.15. The first-order chi connectivity index (χ1) is 7.83. The second kappa shape index (κ2) is 3.60. The molecule has 3 N–H and O–H groups in total. The van der Waals surface area contributed by atoms with Gasteiger partial charge in [0.1, 0.15) is 0 Å². The Labute approximate surface area is 90.9 Å². The average Bonchev–Trinajstić information content (AvgIpc) is 2.87. The first-order valence-corrected chi connectivity index (χ1v) is 5.28. The van der Waals surface area contributed by atoms with E-state index < -0.39 is 0 Å². The van der Waals surface area contributed by atoms with E-state index in [9.17, 15) is 4.79 Å². The largest absolute Gasteiger partial charge is 0.339 e. The molecule has 16 heavy (non-hydrogen) atoms. The summed E-state index contributed by atoms with van der Waals surface area (Å²) in [4.78, 5) is 25.2. The number of hydrogen-bond acceptors (Lipinski definition) is 5. The molecule has 0 aliphatic carbocycles. The quantitative estimate of drug-likeness (QED) is 0.666. The molecule has 7 heteroatoms. The minimum Gasteiger partial charge on any atom is -0.339 e. The molecule has 0 saturated carbocycles. The van der Waals surface area contributed by atoms with Crippen LogP contribution in [0.5, 0.6) is 0 Å². The fraction of sp³-hybridized carbons (Fsp3) is 0.444. The molecule has 84 valence electrons. The van der Waals surface area contributed by atoms with E-state index in [2.05, 4.69) is 25.4 Å². The summed E-state index contributed by atoms with van der Waals surface area (Å²) in [7, 11) is 0. The first-order valence-electron chi connectivity index (χ1n) is 5.28. The number of hydrogen-bond donors (Lipinski definition) is 3. The number of anilines is 1. The molecule has 2 aromatic rings. The van der Waals surface area contributed by atoms with Gasteiger partial charge in [-0.15, -0.1) is 0 Å². The molecular formula is C9H12N6O. The van der Waals surface area contributed by atoms with Gasteiger partial charge >= 0.3 is 0 Å². The zero-order chi connectivity index (χ0) is 11.0. The van der Waals surface area contributed by atoms with Gasteiger partial charge in [-0.05, 0) is 12.8 Å². The van der Waals surface area contributed by atoms with Crippen LogP contribution in [0.15, 0.2) is 11.1 Å². The maximum atomic E-state index is 11.6. The molecule has 0 aromatic carbocycles. The molecule has 1 aliphatic heterocycles. The lowest BCUT2D eigenvalue weighted by Crippen LogP contribution is -2.28. The normalized spacial score (nSPS) is 17.0. The topological polar surface area (TPSA) is 89.7 Å². The summed E-state index contributed by atoms with van der Waals surface area (Å²) >= 11 is 0. The Bertz CT molecular complexity index is 552. The number of imidazole rings is 1. The van der Waals surface area contributed by atoms with Gasteiger partial charge in [0.2, 0.25) is 5.95 Å². The summed E-state index contributed by atoms with van der Waals surface area (Å²) in [6.45, 7) is 1.95. The van der Waals surface area contributed by atoms with E-state index >= 15 is 0 Å². The van der Waals surface area contributed by atoms with Crippen LogP contribution in [0.3, 0.4) is 0 Å². The molecule has 3 rings (SSSR count). The van der Waals surface area contributed by atoms with Crippen molar-refractivity contribution in [2.45, 2.75) is 12.8 Å². The van der Waals surface area contributed by atoms with E-state index in [1.165, 1.54) is 19.2 Å². The lowest BCUT2D eigenvalue weighted by molar-refractivity contribution is 0.406. The van der Waals surface area contributed by atoms with E-state index in [-0.39, 0.29) is 5.56 Å². The minimum absolute atomic E-state index is 0.204. The number of aromatic nitrogens is 4. The van der Waals surface area contributed by atoms with Crippen molar-refractivity contribution >= 4 is 17.1 Å². The van der Waals surface area contributed by atoms with E-state index in [0.717, 1.165) is 13.1 Å². The van der Waals surface area contributed by atoms with Crippen molar-refractivity contribution in [1.82, 2.24) is 24.9 Å². The van der Waals surface area contributed by atoms with Crippen LogP contribution in [0.2, 0.25) is 0 Å². The standard InChI is InChI=1S/C9H12N6O/c16-8-6-7(11-5-10-6)12-9(13-8)14-15-3-1-2-4-15/h5H,1-4H2,(H3,10,11,12,13,14,16). The van der Waals surface area contributed by atoms with Gasteiger partial charge in [0.05, 0.1) is 6.33 Å². The first kappa shape index (κ1) is 9.34. The Morgan fingerprint density at radius 2 is 2.19 bits per heavy atom. The molecule has 0 amide bonds. The Hall–Kier alpha value is -1.89. The van der Waals surface area contributed by atoms with E-state index in [0.29, 0.717) is 17.1 Å². The lowest BCUT2D eigenvalue weighted by atomic mass is 10.4. The number of hydrazine groups is 1. The van der Waals surface area contributed by atoms with Gasteiger partial charge in [0.25, 0.3) is 5.56 Å². The second-order valence-corrected chi connectivity index (χ2v) is 3.82. The molecule has 7 nitrogen and oxygen atoms in total. The number of nitrogens with zero attached hydrogens (tertiary/aromatic N) is 3. The monoisotopic (exact) mass is 220 g/mol. The highest BCUT2D eigenvalue weighted by Crippen LogP contribution is 2.09. The molecule has 1 fully saturated rings. The van der Waals surface area contributed by atoms with Crippen molar-refractivity contribution in [2.24, 2.45) is 0 Å². The molecule has 0 atom stereocenters. The second-order valence-electron chi connectivity index (χ2n) is 3.82. The van der Waals surface area contributed by atoms with Crippen LogP contribution < -0.4 is 11.0 Å². The van der Waals surface area contributed by atoms with E-state index in [1.807, 2.05) is 5.01 Å². The predicted molar refractivity (Wildman–Crippen MR) is 58.9 cm³/mol. The Morgan fingerprint density at radius 1 is 1.38 bits per heavy atom. The smallest absolute Gasteiger partial charge is 0.278 e. The third-order valence-corrected chi connectivity index (χ3v) is 2.67. The Kier molecular flexibility index (Phi) is 2.10. The number of nitrogens with one attached hydrogen (secondary N) is 3. The van der Waals surface area contributed by atoms with Crippen molar-refractivity contribution < 1.29 is 0 Å². The van der Waals surface area contributed by atoms with Crippen LogP contribution in [0.1, 0.15) is 12.8 Å². The summed E-state index contributed by atoms with van der Waals surface area (Å²) in [5, 5.41) is 2.04. The van der Waals surface area contributed by atoms with Crippen LogP contribution in [-0.2, 0) is 0 Å². The highest BCUT2D eigenvalue weighted by Gasteiger charge is 2.13.